The quantitative estimate of drug-likeness (QED) is 0.337. The summed E-state index contributed by atoms with van der Waals surface area (Å²) in [6.45, 7) is 0.386. The lowest BCUT2D eigenvalue weighted by atomic mass is 10.0. The Morgan fingerprint density at radius 1 is 1.23 bits per heavy atom. The number of benzene rings is 2. The fourth-order valence-corrected chi connectivity index (χ4v) is 4.33. The summed E-state index contributed by atoms with van der Waals surface area (Å²) < 4.78 is 13.7. The molecule has 0 radical (unpaired) electrons. The smallest absolute Gasteiger partial charge is 0.123 e. The molecule has 10 heteroatoms. The molecule has 35 heavy (non-hydrogen) atoms. The lowest BCUT2D eigenvalue weighted by molar-refractivity contribution is 0.260. The second-order valence-electron chi connectivity index (χ2n) is 8.44. The van der Waals surface area contributed by atoms with Crippen LogP contribution in [-0.4, -0.2) is 22.6 Å². The summed E-state index contributed by atoms with van der Waals surface area (Å²) in [4.78, 5) is 4.37. The third-order valence-corrected chi connectivity index (χ3v) is 6.25. The average Bonchev–Trinajstić information content (AvgIpc) is 3.60. The molecule has 2 heterocycles. The molecule has 176 valence electrons. The standard InChI is InChI=1S/C25H22ClFN8/c26-21-11-18(10-20-23(30-9-1-8-28)16(12-29)13-31-25(20)21)32-24(15-2-4-17(27)5-3-15)22-14-35(34-33-22)19-6-7-19/h2-5,10-11,13-14,19,24,32-34H,1,6-7,9H2,(H,30,31). The molecule has 1 aliphatic heterocycles. The molecule has 1 aliphatic carbocycles. The number of hydrazine groups is 2. The van der Waals surface area contributed by atoms with E-state index in [-0.39, 0.29) is 18.3 Å². The Morgan fingerprint density at radius 2 is 2.03 bits per heavy atom. The van der Waals surface area contributed by atoms with Crippen LogP contribution in [0.25, 0.3) is 10.9 Å². The number of aromatic nitrogens is 1. The van der Waals surface area contributed by atoms with Gasteiger partial charge in [-0.25, -0.2) is 4.39 Å². The van der Waals surface area contributed by atoms with Gasteiger partial charge in [0, 0.05) is 36.1 Å². The Kier molecular flexibility index (Phi) is 6.28. The van der Waals surface area contributed by atoms with E-state index in [0.29, 0.717) is 45.5 Å². The molecule has 1 atom stereocenters. The molecule has 3 aromatic rings. The number of rotatable bonds is 8. The maximum atomic E-state index is 13.7. The molecule has 0 bridgehead atoms. The number of anilines is 2. The van der Waals surface area contributed by atoms with Crippen molar-refractivity contribution in [2.45, 2.75) is 31.3 Å². The van der Waals surface area contributed by atoms with E-state index in [0.717, 1.165) is 24.1 Å². The third kappa shape index (κ3) is 4.78. The number of nitriles is 2. The van der Waals surface area contributed by atoms with E-state index in [9.17, 15) is 9.65 Å². The number of pyridine rings is 1. The first-order valence-electron chi connectivity index (χ1n) is 11.2. The molecule has 0 saturated heterocycles. The summed E-state index contributed by atoms with van der Waals surface area (Å²) in [5.41, 5.74) is 10.3. The number of nitrogens with zero attached hydrogens (tertiary/aromatic N) is 4. The van der Waals surface area contributed by atoms with Gasteiger partial charge in [-0.2, -0.15) is 10.5 Å². The van der Waals surface area contributed by atoms with Crippen LogP contribution in [0.2, 0.25) is 5.02 Å². The molecule has 1 aromatic heterocycles. The lowest BCUT2D eigenvalue weighted by Crippen LogP contribution is -2.38. The third-order valence-electron chi connectivity index (χ3n) is 5.96. The van der Waals surface area contributed by atoms with Crippen LogP contribution in [-0.2, 0) is 0 Å². The fourth-order valence-electron chi connectivity index (χ4n) is 4.06. The second kappa shape index (κ2) is 9.67. The molecule has 0 amide bonds. The van der Waals surface area contributed by atoms with Crippen LogP contribution in [0.4, 0.5) is 15.8 Å². The zero-order valence-electron chi connectivity index (χ0n) is 18.6. The maximum Gasteiger partial charge on any atom is 0.123 e. The lowest BCUT2D eigenvalue weighted by Gasteiger charge is -2.22. The highest BCUT2D eigenvalue weighted by Gasteiger charge is 2.32. The van der Waals surface area contributed by atoms with Crippen molar-refractivity contribution < 1.29 is 4.39 Å². The van der Waals surface area contributed by atoms with Crippen molar-refractivity contribution in [3.05, 3.63) is 76.5 Å². The minimum Gasteiger partial charge on any atom is -0.382 e. The predicted octanol–water partition coefficient (Wildman–Crippen LogP) is 4.71. The van der Waals surface area contributed by atoms with Gasteiger partial charge in [-0.3, -0.25) is 9.99 Å². The van der Waals surface area contributed by atoms with Crippen LogP contribution in [0.15, 0.2) is 54.5 Å². The Labute approximate surface area is 206 Å². The Hall–Kier alpha value is -4.05. The van der Waals surface area contributed by atoms with E-state index in [1.54, 1.807) is 18.2 Å². The molecule has 1 saturated carbocycles. The van der Waals surface area contributed by atoms with Gasteiger partial charge in [0.05, 0.1) is 46.0 Å². The molecule has 4 N–H and O–H groups in total. The van der Waals surface area contributed by atoms with Crippen molar-refractivity contribution >= 4 is 33.9 Å². The van der Waals surface area contributed by atoms with Crippen LogP contribution >= 0.6 is 11.6 Å². The number of fused-ring (bicyclic) bond motifs is 1. The zero-order chi connectivity index (χ0) is 24.4. The molecule has 0 spiro atoms. The van der Waals surface area contributed by atoms with Crippen LogP contribution in [0.5, 0.6) is 0 Å². The Bertz CT molecular complexity index is 1370. The SMILES string of the molecule is N#CCCNc1c(C#N)cnc2c(Cl)cc(NC(C3=CN(C4CC4)NN3)c3ccc(F)cc3)cc12. The van der Waals surface area contributed by atoms with Crippen molar-refractivity contribution in [2.75, 3.05) is 17.2 Å². The summed E-state index contributed by atoms with van der Waals surface area (Å²) in [7, 11) is 0. The normalized spacial score (nSPS) is 15.7. The van der Waals surface area contributed by atoms with Gasteiger partial charge in [0.2, 0.25) is 0 Å². The summed E-state index contributed by atoms with van der Waals surface area (Å²) in [5, 5.41) is 28.3. The molecular formula is C25H22ClFN8. The van der Waals surface area contributed by atoms with Crippen molar-refractivity contribution in [1.29, 1.82) is 10.5 Å². The van der Waals surface area contributed by atoms with E-state index in [2.05, 4.69) is 38.7 Å². The van der Waals surface area contributed by atoms with Gasteiger partial charge in [0.25, 0.3) is 0 Å². The van der Waals surface area contributed by atoms with E-state index in [4.69, 9.17) is 16.9 Å². The summed E-state index contributed by atoms with van der Waals surface area (Å²) in [6, 6.07) is 14.4. The number of hydrogen-bond acceptors (Lipinski definition) is 8. The van der Waals surface area contributed by atoms with Crippen molar-refractivity contribution in [3.63, 3.8) is 0 Å². The minimum atomic E-state index is -0.331. The van der Waals surface area contributed by atoms with Gasteiger partial charge in [0.15, 0.2) is 0 Å². The summed E-state index contributed by atoms with van der Waals surface area (Å²) in [5.74, 6) is -0.310. The van der Waals surface area contributed by atoms with E-state index in [1.165, 1.54) is 18.3 Å². The highest BCUT2D eigenvalue weighted by atomic mass is 35.5. The van der Waals surface area contributed by atoms with Gasteiger partial charge in [-0.1, -0.05) is 23.7 Å². The van der Waals surface area contributed by atoms with E-state index in [1.807, 2.05) is 17.3 Å². The van der Waals surface area contributed by atoms with E-state index >= 15 is 0 Å². The van der Waals surface area contributed by atoms with Crippen molar-refractivity contribution in [2.24, 2.45) is 0 Å². The Morgan fingerprint density at radius 3 is 2.74 bits per heavy atom. The second-order valence-corrected chi connectivity index (χ2v) is 8.84. The largest absolute Gasteiger partial charge is 0.382 e. The highest BCUT2D eigenvalue weighted by molar-refractivity contribution is 6.35. The molecule has 1 unspecified atom stereocenters. The zero-order valence-corrected chi connectivity index (χ0v) is 19.4. The molecule has 1 fully saturated rings. The van der Waals surface area contributed by atoms with Gasteiger partial charge < -0.3 is 16.1 Å². The first kappa shape index (κ1) is 22.7. The van der Waals surface area contributed by atoms with Crippen LogP contribution < -0.4 is 21.6 Å². The molecule has 5 rings (SSSR count). The van der Waals surface area contributed by atoms with Crippen molar-refractivity contribution in [1.82, 2.24) is 21.0 Å². The van der Waals surface area contributed by atoms with Crippen molar-refractivity contribution in [3.8, 4) is 12.1 Å². The molecular weight excluding hydrogens is 467 g/mol. The van der Waals surface area contributed by atoms with Crippen LogP contribution in [0.1, 0.15) is 36.4 Å². The monoisotopic (exact) mass is 488 g/mol. The fraction of sp³-hybridized carbons (Fsp3) is 0.240. The number of hydrogen-bond donors (Lipinski definition) is 4. The summed E-state index contributed by atoms with van der Waals surface area (Å²) >= 11 is 6.61. The topological polar surface area (TPSA) is 112 Å². The van der Waals surface area contributed by atoms with Crippen LogP contribution in [0, 0.1) is 28.5 Å². The first-order chi connectivity index (χ1) is 17.1. The Balaban J connectivity index is 1.54. The van der Waals surface area contributed by atoms with E-state index < -0.39 is 0 Å². The van der Waals surface area contributed by atoms with Gasteiger partial charge in [0.1, 0.15) is 11.9 Å². The summed E-state index contributed by atoms with van der Waals surface area (Å²) in [6.07, 6.45) is 6.04. The van der Waals surface area contributed by atoms with Gasteiger partial charge in [-0.05, 0) is 42.7 Å². The highest BCUT2D eigenvalue weighted by Crippen LogP contribution is 2.36. The average molecular weight is 489 g/mol. The van der Waals surface area contributed by atoms with Gasteiger partial charge in [-0.15, -0.1) is 5.53 Å². The number of nitrogens with one attached hydrogen (secondary N) is 4. The maximum absolute atomic E-state index is 13.7. The predicted molar refractivity (Wildman–Crippen MR) is 132 cm³/mol. The van der Waals surface area contributed by atoms with Gasteiger partial charge >= 0.3 is 0 Å². The molecule has 2 aromatic carbocycles. The molecule has 2 aliphatic rings. The first-order valence-corrected chi connectivity index (χ1v) is 11.6. The minimum absolute atomic E-state index is 0.289. The molecule has 8 nitrogen and oxygen atoms in total. The van der Waals surface area contributed by atoms with Crippen LogP contribution in [0.3, 0.4) is 0 Å². The number of halogens is 2.